The highest BCUT2D eigenvalue weighted by Gasteiger charge is 2.29. The first kappa shape index (κ1) is 18.6. The van der Waals surface area contributed by atoms with E-state index >= 15 is 0 Å². The van der Waals surface area contributed by atoms with Crippen molar-refractivity contribution in [3.05, 3.63) is 65.6 Å². The fourth-order valence-corrected chi connectivity index (χ4v) is 3.61. The lowest BCUT2D eigenvalue weighted by molar-refractivity contribution is 0.0697. The molecular weight excluding hydrogens is 372 g/mol. The molecule has 2 amide bonds. The van der Waals surface area contributed by atoms with Crippen molar-refractivity contribution in [1.82, 2.24) is 14.8 Å². The van der Waals surface area contributed by atoms with Gasteiger partial charge in [-0.15, -0.1) is 0 Å². The Morgan fingerprint density at radius 3 is 2.59 bits per heavy atom. The predicted octanol–water partition coefficient (Wildman–Crippen LogP) is 2.88. The molecule has 0 spiro atoms. The third kappa shape index (κ3) is 3.55. The molecule has 0 unspecified atom stereocenters. The highest BCUT2D eigenvalue weighted by Crippen LogP contribution is 2.26. The number of nitrogens with one attached hydrogen (secondary N) is 1. The Bertz CT molecular complexity index is 1050. The number of likely N-dealkylation sites (tertiary alicyclic amines) is 1. The van der Waals surface area contributed by atoms with Crippen molar-refractivity contribution in [1.29, 1.82) is 5.26 Å². The maximum Gasteiger partial charge on any atom is 0.257 e. The molecule has 1 saturated heterocycles. The Hall–Kier alpha value is -3.73. The number of rotatable bonds is 4. The van der Waals surface area contributed by atoms with Crippen molar-refractivity contribution in [3.63, 3.8) is 0 Å². The third-order valence-corrected chi connectivity index (χ3v) is 5.13. The van der Waals surface area contributed by atoms with E-state index in [4.69, 9.17) is 8.83 Å². The minimum absolute atomic E-state index is 0.0719. The standard InChI is InChI=1S/C21H20N4O4/c1-14-18(17(12-22)21(29-14)25-7-2-3-8-25)19(26)23-16-4-9-24(10-5-16)20(27)15-6-11-28-13-15/h2-3,6-8,11,13,16H,4-5,9-10H2,1H3,(H,23,26). The molecular formula is C21H20N4O4. The second-order valence-corrected chi connectivity index (χ2v) is 6.97. The minimum atomic E-state index is -0.333. The summed E-state index contributed by atoms with van der Waals surface area (Å²) in [6.07, 6.45) is 7.70. The van der Waals surface area contributed by atoms with Gasteiger partial charge in [0.05, 0.1) is 11.8 Å². The lowest BCUT2D eigenvalue weighted by Gasteiger charge is -2.32. The van der Waals surface area contributed by atoms with Gasteiger partial charge in [-0.2, -0.15) is 5.26 Å². The number of nitrogens with zero attached hydrogens (tertiary/aromatic N) is 3. The number of carbonyl (C=O) groups is 2. The molecule has 1 fully saturated rings. The molecule has 0 saturated carbocycles. The zero-order valence-electron chi connectivity index (χ0n) is 15.9. The maximum absolute atomic E-state index is 12.9. The van der Waals surface area contributed by atoms with E-state index in [9.17, 15) is 14.9 Å². The van der Waals surface area contributed by atoms with Gasteiger partial charge in [0, 0.05) is 31.5 Å². The van der Waals surface area contributed by atoms with Crippen LogP contribution in [0.15, 0.2) is 52.0 Å². The fraction of sp³-hybridized carbons (Fsp3) is 0.286. The van der Waals surface area contributed by atoms with Crippen LogP contribution in [-0.4, -0.2) is 40.4 Å². The summed E-state index contributed by atoms with van der Waals surface area (Å²) < 4.78 is 12.3. The van der Waals surface area contributed by atoms with Crippen LogP contribution in [0.4, 0.5) is 0 Å². The largest absolute Gasteiger partial charge is 0.472 e. The smallest absolute Gasteiger partial charge is 0.257 e. The number of aromatic nitrogens is 1. The molecule has 29 heavy (non-hydrogen) atoms. The Kier molecular flexibility index (Phi) is 4.96. The van der Waals surface area contributed by atoms with E-state index in [1.807, 2.05) is 12.1 Å². The van der Waals surface area contributed by atoms with E-state index in [1.165, 1.54) is 12.5 Å². The van der Waals surface area contributed by atoms with Crippen molar-refractivity contribution in [2.24, 2.45) is 0 Å². The van der Waals surface area contributed by atoms with E-state index in [1.54, 1.807) is 34.9 Å². The molecule has 4 rings (SSSR count). The molecule has 0 atom stereocenters. The molecule has 0 bridgehead atoms. The van der Waals surface area contributed by atoms with Gasteiger partial charge in [0.1, 0.15) is 29.2 Å². The highest BCUT2D eigenvalue weighted by molar-refractivity contribution is 5.98. The van der Waals surface area contributed by atoms with Crippen LogP contribution >= 0.6 is 0 Å². The van der Waals surface area contributed by atoms with Crippen LogP contribution in [-0.2, 0) is 0 Å². The number of amides is 2. The summed E-state index contributed by atoms with van der Waals surface area (Å²) in [5.41, 5.74) is 0.995. The lowest BCUT2D eigenvalue weighted by atomic mass is 10.0. The van der Waals surface area contributed by atoms with E-state index in [0.717, 1.165) is 0 Å². The monoisotopic (exact) mass is 392 g/mol. The quantitative estimate of drug-likeness (QED) is 0.735. The first-order valence-electron chi connectivity index (χ1n) is 9.37. The first-order valence-corrected chi connectivity index (χ1v) is 9.37. The summed E-state index contributed by atoms with van der Waals surface area (Å²) in [5.74, 6) is 0.328. The van der Waals surface area contributed by atoms with Crippen molar-refractivity contribution in [2.45, 2.75) is 25.8 Å². The van der Waals surface area contributed by atoms with E-state index in [0.29, 0.717) is 43.1 Å². The molecule has 1 aliphatic rings. The number of hydrogen-bond donors (Lipinski definition) is 1. The number of piperidine rings is 1. The van der Waals surface area contributed by atoms with E-state index < -0.39 is 0 Å². The van der Waals surface area contributed by atoms with Gasteiger partial charge in [0.2, 0.25) is 5.88 Å². The number of aryl methyl sites for hydroxylation is 1. The SMILES string of the molecule is Cc1oc(-n2cccc2)c(C#N)c1C(=O)NC1CCN(C(=O)c2ccoc2)CC1. The molecule has 0 aromatic carbocycles. The average molecular weight is 392 g/mol. The summed E-state index contributed by atoms with van der Waals surface area (Å²) in [6.45, 7) is 2.76. The van der Waals surface area contributed by atoms with Gasteiger partial charge in [0.15, 0.2) is 0 Å². The summed E-state index contributed by atoms with van der Waals surface area (Å²) in [5, 5.41) is 12.6. The molecule has 8 heteroatoms. The van der Waals surface area contributed by atoms with Crippen LogP contribution in [0.3, 0.4) is 0 Å². The molecule has 3 aromatic rings. The number of nitriles is 1. The van der Waals surface area contributed by atoms with E-state index in [-0.39, 0.29) is 29.0 Å². The Morgan fingerprint density at radius 1 is 1.24 bits per heavy atom. The first-order chi connectivity index (χ1) is 14.1. The molecule has 0 aliphatic carbocycles. The van der Waals surface area contributed by atoms with Gasteiger partial charge in [-0.1, -0.05) is 0 Å². The predicted molar refractivity (Wildman–Crippen MR) is 103 cm³/mol. The number of furan rings is 2. The molecule has 8 nitrogen and oxygen atoms in total. The summed E-state index contributed by atoms with van der Waals surface area (Å²) in [7, 11) is 0. The summed E-state index contributed by atoms with van der Waals surface area (Å²) in [4.78, 5) is 27.0. The normalized spacial score (nSPS) is 14.6. The molecule has 1 aliphatic heterocycles. The van der Waals surface area contributed by atoms with Crippen molar-refractivity contribution < 1.29 is 18.4 Å². The van der Waals surface area contributed by atoms with Gasteiger partial charge in [-0.3, -0.25) is 14.2 Å². The number of carbonyl (C=O) groups excluding carboxylic acids is 2. The van der Waals surface area contributed by atoms with Crippen LogP contribution in [0.25, 0.3) is 5.88 Å². The number of hydrogen-bond acceptors (Lipinski definition) is 5. The molecule has 148 valence electrons. The Balaban J connectivity index is 1.43. The van der Waals surface area contributed by atoms with Crippen LogP contribution in [0, 0.1) is 18.3 Å². The van der Waals surface area contributed by atoms with Gasteiger partial charge in [0.25, 0.3) is 11.8 Å². The van der Waals surface area contributed by atoms with Gasteiger partial charge in [-0.05, 0) is 38.0 Å². The zero-order valence-corrected chi connectivity index (χ0v) is 15.9. The molecule has 1 N–H and O–H groups in total. The highest BCUT2D eigenvalue weighted by atomic mass is 16.4. The van der Waals surface area contributed by atoms with Gasteiger partial charge >= 0.3 is 0 Å². The molecule has 0 radical (unpaired) electrons. The van der Waals surface area contributed by atoms with Gasteiger partial charge < -0.3 is 19.1 Å². The second kappa shape index (κ2) is 7.72. The topological polar surface area (TPSA) is 104 Å². The minimum Gasteiger partial charge on any atom is -0.472 e. The van der Waals surface area contributed by atoms with E-state index in [2.05, 4.69) is 11.4 Å². The van der Waals surface area contributed by atoms with Crippen molar-refractivity contribution >= 4 is 11.8 Å². The fourth-order valence-electron chi connectivity index (χ4n) is 3.61. The van der Waals surface area contributed by atoms with Crippen LogP contribution in [0.2, 0.25) is 0 Å². The Morgan fingerprint density at radius 2 is 1.97 bits per heavy atom. The third-order valence-electron chi connectivity index (χ3n) is 5.13. The van der Waals surface area contributed by atoms with Crippen molar-refractivity contribution in [3.8, 4) is 12.0 Å². The summed E-state index contributed by atoms with van der Waals surface area (Å²) in [6, 6.07) is 7.29. The average Bonchev–Trinajstić information content (AvgIpc) is 3.48. The van der Waals surface area contributed by atoms with Crippen LogP contribution in [0.5, 0.6) is 0 Å². The summed E-state index contributed by atoms with van der Waals surface area (Å²) >= 11 is 0. The lowest BCUT2D eigenvalue weighted by Crippen LogP contribution is -2.46. The van der Waals surface area contributed by atoms with Gasteiger partial charge in [-0.25, -0.2) is 0 Å². The van der Waals surface area contributed by atoms with Crippen LogP contribution in [0.1, 0.15) is 44.9 Å². The maximum atomic E-state index is 12.9. The molecule has 3 aromatic heterocycles. The zero-order chi connectivity index (χ0) is 20.4. The molecule has 4 heterocycles. The second-order valence-electron chi connectivity index (χ2n) is 6.97. The Labute approximate surface area is 167 Å². The van der Waals surface area contributed by atoms with Crippen LogP contribution < -0.4 is 5.32 Å². The van der Waals surface area contributed by atoms with Crippen molar-refractivity contribution in [2.75, 3.05) is 13.1 Å².